The normalized spacial score (nSPS) is 20.6. The van der Waals surface area contributed by atoms with E-state index in [1.807, 2.05) is 6.08 Å². The van der Waals surface area contributed by atoms with Gasteiger partial charge in [-0.15, -0.1) is 0 Å². The lowest BCUT2D eigenvalue weighted by Crippen LogP contribution is -2.44. The Morgan fingerprint density at radius 1 is 1.07 bits per heavy atom. The minimum atomic E-state index is 0.218. The molecule has 0 radical (unpaired) electrons. The Hall–Kier alpha value is -2.43. The van der Waals surface area contributed by atoms with Gasteiger partial charge in [-0.2, -0.15) is 0 Å². The second-order valence-corrected chi connectivity index (χ2v) is 7.33. The van der Waals surface area contributed by atoms with Crippen LogP contribution in [0.2, 0.25) is 0 Å². The predicted molar refractivity (Wildman–Crippen MR) is 115 cm³/mol. The molecule has 0 aromatic heterocycles. The number of nitrogens with zero attached hydrogens (tertiary/aromatic N) is 3. The molecule has 1 N–H and O–H groups in total. The average molecular weight is 361 g/mol. The Morgan fingerprint density at radius 3 is 2.59 bits per heavy atom. The molecule has 4 rings (SSSR count). The number of piperazine rings is 1. The molecule has 1 saturated heterocycles. The third-order valence-corrected chi connectivity index (χ3v) is 5.65. The van der Waals surface area contributed by atoms with E-state index in [0.29, 0.717) is 0 Å². The van der Waals surface area contributed by atoms with Crippen LogP contribution in [0.5, 0.6) is 0 Å². The predicted octanol–water partition coefficient (Wildman–Crippen LogP) is 3.67. The molecule has 2 aliphatic rings. The van der Waals surface area contributed by atoms with Crippen molar-refractivity contribution in [2.45, 2.75) is 12.5 Å². The molecule has 2 aromatic carbocycles. The van der Waals surface area contributed by atoms with Crippen LogP contribution in [0, 0.1) is 0 Å². The van der Waals surface area contributed by atoms with Crippen molar-refractivity contribution in [2.24, 2.45) is 4.99 Å². The summed E-state index contributed by atoms with van der Waals surface area (Å²) < 4.78 is 0. The van der Waals surface area contributed by atoms with Gasteiger partial charge in [0.2, 0.25) is 0 Å². The smallest absolute Gasteiger partial charge is 0.0707 e. The summed E-state index contributed by atoms with van der Waals surface area (Å²) in [4.78, 5) is 9.70. The molecule has 4 nitrogen and oxygen atoms in total. The van der Waals surface area contributed by atoms with Crippen molar-refractivity contribution in [1.29, 1.82) is 0 Å². The Kier molecular flexibility index (Phi) is 5.37. The molecule has 27 heavy (non-hydrogen) atoms. The van der Waals surface area contributed by atoms with Crippen LogP contribution in [-0.4, -0.2) is 50.9 Å². The van der Waals surface area contributed by atoms with Crippen LogP contribution >= 0.6 is 0 Å². The maximum Gasteiger partial charge on any atom is 0.0707 e. The molecule has 140 valence electrons. The first-order valence-electron chi connectivity index (χ1n) is 9.80. The molecule has 1 atom stereocenters. The molecule has 2 aliphatic heterocycles. The highest BCUT2D eigenvalue weighted by molar-refractivity contribution is 5.74. The van der Waals surface area contributed by atoms with Crippen molar-refractivity contribution in [3.05, 3.63) is 65.7 Å². The first kappa shape index (κ1) is 18.0. The van der Waals surface area contributed by atoms with Gasteiger partial charge >= 0.3 is 0 Å². The summed E-state index contributed by atoms with van der Waals surface area (Å²) in [5.74, 6) is 0. The zero-order valence-electron chi connectivity index (χ0n) is 16.1. The number of benzene rings is 2. The highest BCUT2D eigenvalue weighted by atomic mass is 15.2. The van der Waals surface area contributed by atoms with Crippen LogP contribution < -0.4 is 10.2 Å². The molecule has 4 heteroatoms. The van der Waals surface area contributed by atoms with Crippen LogP contribution in [0.3, 0.4) is 0 Å². The van der Waals surface area contributed by atoms with Crippen LogP contribution in [0.15, 0.2) is 54.0 Å². The number of rotatable bonds is 4. The van der Waals surface area contributed by atoms with Gasteiger partial charge in [0.05, 0.1) is 11.7 Å². The molecule has 0 amide bonds. The van der Waals surface area contributed by atoms with E-state index in [0.717, 1.165) is 50.4 Å². The summed E-state index contributed by atoms with van der Waals surface area (Å²) in [6, 6.07) is 15.2. The lowest BCUT2D eigenvalue weighted by atomic mass is 9.91. The zero-order chi connectivity index (χ0) is 18.6. The monoisotopic (exact) mass is 360 g/mol. The SMILES string of the molecule is C=Cc1ccc(N=CC2c3cccc(N4CCNCC4)c3CCN2C)cc1. The number of hydrogen-bond acceptors (Lipinski definition) is 4. The maximum atomic E-state index is 4.77. The summed E-state index contributed by atoms with van der Waals surface area (Å²) in [5.41, 5.74) is 6.41. The van der Waals surface area contributed by atoms with Crippen molar-refractivity contribution in [1.82, 2.24) is 10.2 Å². The van der Waals surface area contributed by atoms with Gasteiger partial charge in [-0.25, -0.2) is 0 Å². The quantitative estimate of drug-likeness (QED) is 0.844. The fourth-order valence-corrected chi connectivity index (χ4v) is 4.06. The van der Waals surface area contributed by atoms with Gasteiger partial charge in [-0.05, 0) is 48.4 Å². The molecular formula is C23H28N4. The largest absolute Gasteiger partial charge is 0.369 e. The zero-order valence-corrected chi connectivity index (χ0v) is 16.1. The van der Waals surface area contributed by atoms with Gasteiger partial charge in [0, 0.05) is 44.6 Å². The minimum absolute atomic E-state index is 0.218. The van der Waals surface area contributed by atoms with Gasteiger partial charge in [-0.1, -0.05) is 36.9 Å². The molecule has 0 spiro atoms. The Bertz CT molecular complexity index is 819. The standard InChI is InChI=1S/C23H28N4/c1-3-18-7-9-19(10-8-18)25-17-23-20-5-4-6-22(21(20)11-14-26(23)2)27-15-12-24-13-16-27/h3-10,17,23-24H,1,11-16H2,2H3. The number of likely N-dealkylation sites (N-methyl/N-ethyl adjacent to an activating group) is 1. The number of hydrogen-bond donors (Lipinski definition) is 1. The fourth-order valence-electron chi connectivity index (χ4n) is 4.06. The summed E-state index contributed by atoms with van der Waals surface area (Å²) >= 11 is 0. The summed E-state index contributed by atoms with van der Waals surface area (Å²) in [7, 11) is 2.19. The summed E-state index contributed by atoms with van der Waals surface area (Å²) in [6.07, 6.45) is 5.06. The molecule has 0 bridgehead atoms. The number of fused-ring (bicyclic) bond motifs is 1. The Labute approximate surface area is 162 Å². The second kappa shape index (κ2) is 8.07. The maximum absolute atomic E-state index is 4.77. The Morgan fingerprint density at radius 2 is 1.85 bits per heavy atom. The second-order valence-electron chi connectivity index (χ2n) is 7.33. The summed E-state index contributed by atoms with van der Waals surface area (Å²) in [6.45, 7) is 9.16. The molecule has 2 aromatic rings. The van der Waals surface area contributed by atoms with E-state index >= 15 is 0 Å². The minimum Gasteiger partial charge on any atom is -0.369 e. The van der Waals surface area contributed by atoms with Gasteiger partial charge in [0.25, 0.3) is 0 Å². The van der Waals surface area contributed by atoms with Gasteiger partial charge in [0.15, 0.2) is 0 Å². The van der Waals surface area contributed by atoms with Crippen LogP contribution in [0.1, 0.15) is 22.7 Å². The van der Waals surface area contributed by atoms with E-state index in [2.05, 4.69) is 77.4 Å². The van der Waals surface area contributed by atoms with Crippen LogP contribution in [0.4, 0.5) is 11.4 Å². The highest BCUT2D eigenvalue weighted by Gasteiger charge is 2.26. The number of anilines is 1. The van der Waals surface area contributed by atoms with Gasteiger partial charge in [0.1, 0.15) is 0 Å². The molecule has 1 unspecified atom stereocenters. The topological polar surface area (TPSA) is 30.9 Å². The lowest BCUT2D eigenvalue weighted by Gasteiger charge is -2.37. The van der Waals surface area contributed by atoms with E-state index in [4.69, 9.17) is 4.99 Å². The van der Waals surface area contributed by atoms with Crippen LogP contribution in [-0.2, 0) is 6.42 Å². The highest BCUT2D eigenvalue weighted by Crippen LogP contribution is 2.34. The number of nitrogens with one attached hydrogen (secondary N) is 1. The Balaban J connectivity index is 1.62. The molecule has 1 fully saturated rings. The fraction of sp³-hybridized carbons (Fsp3) is 0.348. The molecule has 0 aliphatic carbocycles. The van der Waals surface area contributed by atoms with E-state index < -0.39 is 0 Å². The third-order valence-electron chi connectivity index (χ3n) is 5.65. The van der Waals surface area contributed by atoms with Crippen molar-refractivity contribution in [2.75, 3.05) is 44.7 Å². The van der Waals surface area contributed by atoms with Gasteiger partial charge in [-0.3, -0.25) is 9.89 Å². The average Bonchev–Trinajstić information content (AvgIpc) is 2.73. The van der Waals surface area contributed by atoms with Crippen molar-refractivity contribution in [3.63, 3.8) is 0 Å². The van der Waals surface area contributed by atoms with Crippen LogP contribution in [0.25, 0.3) is 6.08 Å². The van der Waals surface area contributed by atoms with E-state index in [-0.39, 0.29) is 6.04 Å². The van der Waals surface area contributed by atoms with E-state index in [1.165, 1.54) is 16.8 Å². The first-order chi connectivity index (χ1) is 13.3. The van der Waals surface area contributed by atoms with Gasteiger partial charge < -0.3 is 10.2 Å². The lowest BCUT2D eigenvalue weighted by molar-refractivity contribution is 0.290. The van der Waals surface area contributed by atoms with Crippen molar-refractivity contribution >= 4 is 23.7 Å². The summed E-state index contributed by atoms with van der Waals surface area (Å²) in [5, 5.41) is 3.45. The first-order valence-corrected chi connectivity index (χ1v) is 9.80. The molecule has 2 heterocycles. The van der Waals surface area contributed by atoms with E-state index in [1.54, 1.807) is 0 Å². The molecule has 0 saturated carbocycles. The number of aliphatic imine (C=N–C) groups is 1. The van der Waals surface area contributed by atoms with E-state index in [9.17, 15) is 0 Å². The van der Waals surface area contributed by atoms with Crippen molar-refractivity contribution in [3.8, 4) is 0 Å². The molecular weight excluding hydrogens is 332 g/mol. The van der Waals surface area contributed by atoms with Crippen molar-refractivity contribution < 1.29 is 0 Å². The third kappa shape index (κ3) is 3.82.